The van der Waals surface area contributed by atoms with Crippen LogP contribution in [0.15, 0.2) is 24.5 Å². The molecule has 0 fully saturated rings. The summed E-state index contributed by atoms with van der Waals surface area (Å²) in [6.07, 6.45) is 1.62. The maximum atomic E-state index is 13.7. The Morgan fingerprint density at radius 2 is 2.00 bits per heavy atom. The van der Waals surface area contributed by atoms with Crippen molar-refractivity contribution < 1.29 is 18.6 Å². The number of aliphatic hydroxyl groups is 1. The molecule has 0 spiro atoms. The molecule has 1 unspecified atom stereocenters. The molecule has 1 aliphatic heterocycles. The van der Waals surface area contributed by atoms with E-state index in [9.17, 15) is 13.9 Å². The fraction of sp³-hybridized carbons (Fsp3) is 0.167. The zero-order valence-corrected chi connectivity index (χ0v) is 9.10. The highest BCUT2D eigenvalue weighted by molar-refractivity contribution is 5.39. The number of aliphatic hydroxyl groups excluding tert-OH is 1. The van der Waals surface area contributed by atoms with Gasteiger partial charge >= 0.3 is 0 Å². The van der Waals surface area contributed by atoms with Crippen molar-refractivity contribution in [3.63, 3.8) is 0 Å². The van der Waals surface area contributed by atoms with Gasteiger partial charge in [-0.3, -0.25) is 4.98 Å². The molecule has 1 aromatic carbocycles. The number of hydrogen-bond donors (Lipinski definition) is 1. The first-order chi connectivity index (χ1) is 8.68. The van der Waals surface area contributed by atoms with E-state index in [1.165, 1.54) is 18.5 Å². The van der Waals surface area contributed by atoms with Crippen LogP contribution in [-0.4, -0.2) is 15.1 Å². The molecule has 0 amide bonds. The zero-order valence-electron chi connectivity index (χ0n) is 9.10. The Hall–Kier alpha value is -2.08. The lowest BCUT2D eigenvalue weighted by Gasteiger charge is -2.11. The van der Waals surface area contributed by atoms with Gasteiger partial charge in [0.2, 0.25) is 5.88 Å². The summed E-state index contributed by atoms with van der Waals surface area (Å²) in [5.74, 6) is -1.86. The molecule has 0 saturated heterocycles. The number of hydrogen-bond acceptors (Lipinski definition) is 4. The van der Waals surface area contributed by atoms with Gasteiger partial charge in [-0.2, -0.15) is 0 Å². The van der Waals surface area contributed by atoms with Crippen LogP contribution in [0.4, 0.5) is 8.78 Å². The van der Waals surface area contributed by atoms with Crippen molar-refractivity contribution in [2.45, 2.75) is 12.7 Å². The van der Waals surface area contributed by atoms with Gasteiger partial charge in [-0.1, -0.05) is 6.07 Å². The van der Waals surface area contributed by atoms with Crippen LogP contribution in [0, 0.1) is 11.6 Å². The van der Waals surface area contributed by atoms with Crippen LogP contribution < -0.4 is 4.74 Å². The third-order valence-electron chi connectivity index (χ3n) is 2.83. The lowest BCUT2D eigenvalue weighted by molar-refractivity contribution is 0.211. The molecule has 3 rings (SSSR count). The van der Waals surface area contributed by atoms with Gasteiger partial charge < -0.3 is 9.84 Å². The van der Waals surface area contributed by atoms with Crippen molar-refractivity contribution >= 4 is 0 Å². The van der Waals surface area contributed by atoms with E-state index in [0.717, 1.165) is 6.07 Å². The largest absolute Gasteiger partial charge is 0.471 e. The van der Waals surface area contributed by atoms with E-state index in [1.54, 1.807) is 0 Å². The van der Waals surface area contributed by atoms with E-state index >= 15 is 0 Å². The van der Waals surface area contributed by atoms with Crippen molar-refractivity contribution in [3.05, 3.63) is 53.0 Å². The van der Waals surface area contributed by atoms with E-state index in [-0.39, 0.29) is 29.3 Å². The topological polar surface area (TPSA) is 55.2 Å². The van der Waals surface area contributed by atoms with Crippen LogP contribution >= 0.6 is 0 Å². The molecule has 0 bridgehead atoms. The van der Waals surface area contributed by atoms with Gasteiger partial charge in [-0.25, -0.2) is 13.8 Å². The van der Waals surface area contributed by atoms with Crippen LogP contribution in [0.3, 0.4) is 0 Å². The number of halogens is 2. The summed E-state index contributed by atoms with van der Waals surface area (Å²) in [5, 5.41) is 10.1. The summed E-state index contributed by atoms with van der Waals surface area (Å²) in [6.45, 7) is -0.193. The molecule has 1 aromatic heterocycles. The Bertz CT molecular complexity index is 619. The third kappa shape index (κ3) is 1.53. The minimum Gasteiger partial charge on any atom is -0.471 e. The fourth-order valence-corrected chi connectivity index (χ4v) is 1.93. The van der Waals surface area contributed by atoms with Gasteiger partial charge in [-0.05, 0) is 11.6 Å². The summed E-state index contributed by atoms with van der Waals surface area (Å²) in [4.78, 5) is 7.86. The third-order valence-corrected chi connectivity index (χ3v) is 2.83. The molecule has 1 atom stereocenters. The summed E-state index contributed by atoms with van der Waals surface area (Å²) in [6, 6.07) is 2.30. The minimum absolute atomic E-state index is 0.0118. The second-order valence-corrected chi connectivity index (χ2v) is 3.87. The number of nitrogens with zero attached hydrogens (tertiary/aromatic N) is 2. The second-order valence-electron chi connectivity index (χ2n) is 3.87. The number of fused-ring (bicyclic) bond motifs is 2. The molecule has 0 radical (unpaired) electrons. The number of rotatable bonds is 0. The van der Waals surface area contributed by atoms with Crippen molar-refractivity contribution in [2.24, 2.45) is 0 Å². The number of aromatic nitrogens is 2. The smallest absolute Gasteiger partial charge is 0.239 e. The Kier molecular flexibility index (Phi) is 2.45. The molecule has 0 saturated carbocycles. The van der Waals surface area contributed by atoms with Gasteiger partial charge in [0.15, 0.2) is 11.6 Å². The summed E-state index contributed by atoms with van der Waals surface area (Å²) in [7, 11) is 0. The Morgan fingerprint density at radius 3 is 2.83 bits per heavy atom. The summed E-state index contributed by atoms with van der Waals surface area (Å²) in [5.41, 5.74) is 0.428. The highest BCUT2D eigenvalue weighted by Crippen LogP contribution is 2.34. The van der Waals surface area contributed by atoms with Crippen molar-refractivity contribution in [1.29, 1.82) is 0 Å². The lowest BCUT2D eigenvalue weighted by Crippen LogP contribution is -2.06. The van der Waals surface area contributed by atoms with Gasteiger partial charge in [-0.15, -0.1) is 0 Å². The number of benzene rings is 1. The van der Waals surface area contributed by atoms with Crippen LogP contribution in [0.1, 0.15) is 22.9 Å². The summed E-state index contributed by atoms with van der Waals surface area (Å²) < 4.78 is 32.0. The molecule has 2 aromatic rings. The molecular formula is C12H8F2N2O2. The zero-order chi connectivity index (χ0) is 12.7. The predicted molar refractivity (Wildman–Crippen MR) is 56.8 cm³/mol. The van der Waals surface area contributed by atoms with E-state index < -0.39 is 17.7 Å². The van der Waals surface area contributed by atoms with Gasteiger partial charge in [0.05, 0.1) is 0 Å². The Morgan fingerprint density at radius 1 is 1.22 bits per heavy atom. The first kappa shape index (κ1) is 11.0. The van der Waals surface area contributed by atoms with Crippen LogP contribution in [-0.2, 0) is 6.61 Å². The molecule has 2 heterocycles. The molecule has 18 heavy (non-hydrogen) atoms. The highest BCUT2D eigenvalue weighted by Gasteiger charge is 2.27. The average Bonchev–Trinajstić information content (AvgIpc) is 2.53. The van der Waals surface area contributed by atoms with E-state index in [1.807, 2.05) is 0 Å². The average molecular weight is 250 g/mol. The Balaban J connectivity index is 2.21. The maximum Gasteiger partial charge on any atom is 0.239 e. The monoisotopic (exact) mass is 250 g/mol. The van der Waals surface area contributed by atoms with Crippen molar-refractivity contribution in [3.8, 4) is 5.88 Å². The van der Waals surface area contributed by atoms with Crippen molar-refractivity contribution in [2.75, 3.05) is 0 Å². The molecule has 1 aliphatic rings. The van der Waals surface area contributed by atoms with Gasteiger partial charge in [0.1, 0.15) is 18.4 Å². The summed E-state index contributed by atoms with van der Waals surface area (Å²) >= 11 is 0. The SMILES string of the molecule is OC1c2ccc(F)c(F)c2COc2nccnc21. The molecule has 4 nitrogen and oxygen atoms in total. The minimum atomic E-state index is -1.18. The molecule has 92 valence electrons. The van der Waals surface area contributed by atoms with Crippen LogP contribution in [0.5, 0.6) is 5.88 Å². The van der Waals surface area contributed by atoms with Gasteiger partial charge in [0, 0.05) is 18.0 Å². The standard InChI is InChI=1S/C12H8F2N2O2/c13-8-2-1-6-7(9(8)14)5-18-12-10(11(6)17)15-3-4-16-12/h1-4,11,17H,5H2. The normalized spacial score (nSPS) is 17.4. The second kappa shape index (κ2) is 3.99. The van der Waals surface area contributed by atoms with E-state index in [4.69, 9.17) is 4.74 Å². The molecular weight excluding hydrogens is 242 g/mol. The van der Waals surface area contributed by atoms with Crippen molar-refractivity contribution in [1.82, 2.24) is 9.97 Å². The molecule has 0 aliphatic carbocycles. The lowest BCUT2D eigenvalue weighted by atomic mass is 10.0. The fourth-order valence-electron chi connectivity index (χ4n) is 1.93. The number of ether oxygens (including phenoxy) is 1. The predicted octanol–water partition coefficient (Wildman–Crippen LogP) is 1.73. The quantitative estimate of drug-likeness (QED) is 0.773. The molecule has 1 N–H and O–H groups in total. The molecule has 6 heteroatoms. The van der Waals surface area contributed by atoms with E-state index in [2.05, 4.69) is 9.97 Å². The van der Waals surface area contributed by atoms with Crippen LogP contribution in [0.25, 0.3) is 0 Å². The Labute approximate surface area is 101 Å². The first-order valence-corrected chi connectivity index (χ1v) is 5.27. The maximum absolute atomic E-state index is 13.7. The first-order valence-electron chi connectivity index (χ1n) is 5.27. The van der Waals surface area contributed by atoms with Gasteiger partial charge in [0.25, 0.3) is 0 Å². The van der Waals surface area contributed by atoms with Crippen LogP contribution in [0.2, 0.25) is 0 Å². The highest BCUT2D eigenvalue weighted by atomic mass is 19.2. The van der Waals surface area contributed by atoms with E-state index in [0.29, 0.717) is 0 Å².